The Hall–Kier alpha value is -2.93. The molecule has 0 aliphatic heterocycles. The minimum atomic E-state index is 0.372. The average Bonchev–Trinajstić information content (AvgIpc) is 2.75. The largest absolute Gasteiger partial charge is 0.220 e. The van der Waals surface area contributed by atoms with E-state index in [1.54, 1.807) is 0 Å². The van der Waals surface area contributed by atoms with Crippen molar-refractivity contribution in [3.8, 4) is 22.4 Å². The number of hydrogen-bond donors (Lipinski definition) is 0. The predicted octanol–water partition coefficient (Wildman–Crippen LogP) is 7.05. The fourth-order valence-electron chi connectivity index (χ4n) is 4.23. The van der Waals surface area contributed by atoms with Gasteiger partial charge in [-0.3, -0.25) is 0 Å². The first-order chi connectivity index (χ1) is 14.3. The van der Waals surface area contributed by atoms with Crippen molar-refractivity contribution in [2.45, 2.75) is 40.5 Å². The van der Waals surface area contributed by atoms with Crippen LogP contribution in [0.5, 0.6) is 0 Å². The highest BCUT2D eigenvalue weighted by Gasteiger charge is 2.22. The minimum Gasteiger partial charge on any atom is -0.198 e. The van der Waals surface area contributed by atoms with E-state index in [1.807, 2.05) is 0 Å². The molecule has 0 spiro atoms. The van der Waals surface area contributed by atoms with E-state index >= 15 is 0 Å². The molecule has 1 heterocycles. The van der Waals surface area contributed by atoms with Crippen molar-refractivity contribution in [1.29, 1.82) is 0 Å². The molecule has 0 aliphatic carbocycles. The Morgan fingerprint density at radius 2 is 1.55 bits per heavy atom. The molecule has 146 valence electrons. The second-order valence-electron chi connectivity index (χ2n) is 8.37. The maximum atomic E-state index is 8.87. The van der Waals surface area contributed by atoms with Crippen LogP contribution < -0.4 is 4.57 Å². The molecular weight excluding hydrogens is 350 g/mol. The highest BCUT2D eigenvalue weighted by Crippen LogP contribution is 2.36. The highest BCUT2D eigenvalue weighted by molar-refractivity contribution is 5.97. The zero-order valence-electron chi connectivity index (χ0n) is 19.3. The third-order valence-corrected chi connectivity index (χ3v) is 6.15. The smallest absolute Gasteiger partial charge is 0.198 e. The first-order valence-electron chi connectivity index (χ1n) is 10.9. The number of aromatic nitrogens is 1. The molecule has 0 amide bonds. The molecule has 1 heteroatoms. The van der Waals surface area contributed by atoms with E-state index < -0.39 is 0 Å². The summed E-state index contributed by atoms with van der Waals surface area (Å²) >= 11 is 0. The molecule has 4 aromatic rings. The summed E-state index contributed by atoms with van der Waals surface area (Å²) in [5.74, 6) is 0.372. The van der Waals surface area contributed by atoms with Crippen LogP contribution in [0.4, 0.5) is 0 Å². The average molecular weight is 382 g/mol. The fourth-order valence-corrected chi connectivity index (χ4v) is 4.23. The Labute approximate surface area is 176 Å². The molecule has 0 bridgehead atoms. The maximum absolute atomic E-state index is 8.87. The molecule has 3 aromatic carbocycles. The lowest BCUT2D eigenvalue weighted by atomic mass is 9.89. The molecule has 0 atom stereocenters. The zero-order chi connectivity index (χ0) is 21.6. The molecule has 0 saturated carbocycles. The number of rotatable bonds is 3. The number of benzene rings is 3. The van der Waals surface area contributed by atoms with Gasteiger partial charge in [-0.15, -0.1) is 0 Å². The van der Waals surface area contributed by atoms with E-state index in [0.29, 0.717) is 12.0 Å². The maximum Gasteiger partial charge on any atom is 0.220 e. The Balaban J connectivity index is 2.13. The molecule has 0 aliphatic rings. The van der Waals surface area contributed by atoms with Crippen LogP contribution in [-0.2, 0) is 7.05 Å². The van der Waals surface area contributed by atoms with Gasteiger partial charge in [0.25, 0.3) is 0 Å². The van der Waals surface area contributed by atoms with E-state index in [0.717, 1.165) is 16.5 Å². The standard InChI is InChI=1S/C28H30N/c1-18(2)24-13-10-14-25-27(24)16-20(4)29(6)28(25)26-17-23(15-19(3)21(26)5)22-11-8-7-9-12-22/h7-18H,1-6H3/q+1/i16D. The summed E-state index contributed by atoms with van der Waals surface area (Å²) in [4.78, 5) is 0. The quantitative estimate of drug-likeness (QED) is 0.335. The van der Waals surface area contributed by atoms with Gasteiger partial charge >= 0.3 is 0 Å². The van der Waals surface area contributed by atoms with Crippen molar-refractivity contribution in [2.24, 2.45) is 7.05 Å². The summed E-state index contributed by atoms with van der Waals surface area (Å²) in [5, 5.41) is 2.24. The van der Waals surface area contributed by atoms with Gasteiger partial charge in [-0.2, -0.15) is 4.57 Å². The van der Waals surface area contributed by atoms with Crippen molar-refractivity contribution >= 4 is 10.8 Å². The van der Waals surface area contributed by atoms with Gasteiger partial charge in [-0.25, -0.2) is 0 Å². The van der Waals surface area contributed by atoms with Crippen molar-refractivity contribution in [1.82, 2.24) is 0 Å². The Morgan fingerprint density at radius 3 is 2.24 bits per heavy atom. The van der Waals surface area contributed by atoms with Gasteiger partial charge in [0.2, 0.25) is 5.69 Å². The summed E-state index contributed by atoms with van der Waals surface area (Å²) < 4.78 is 11.1. The molecule has 0 N–H and O–H groups in total. The van der Waals surface area contributed by atoms with Crippen molar-refractivity contribution in [3.05, 3.63) is 89.1 Å². The van der Waals surface area contributed by atoms with E-state index in [1.165, 1.54) is 39.1 Å². The van der Waals surface area contributed by atoms with Gasteiger partial charge in [-0.05, 0) is 65.1 Å². The van der Waals surface area contributed by atoms with Crippen LogP contribution in [0.15, 0.2) is 66.7 Å². The van der Waals surface area contributed by atoms with Crippen molar-refractivity contribution in [2.75, 3.05) is 0 Å². The summed E-state index contributed by atoms with van der Waals surface area (Å²) in [6, 6.07) is 22.3. The van der Waals surface area contributed by atoms with Crippen LogP contribution >= 0.6 is 0 Å². The topological polar surface area (TPSA) is 3.88 Å². The number of aryl methyl sites for hydroxylation is 1. The van der Waals surface area contributed by atoms with Crippen molar-refractivity contribution < 1.29 is 5.94 Å². The molecule has 0 saturated heterocycles. The molecule has 29 heavy (non-hydrogen) atoms. The number of hydrogen-bond acceptors (Lipinski definition) is 0. The first-order valence-corrected chi connectivity index (χ1v) is 10.4. The lowest BCUT2D eigenvalue weighted by molar-refractivity contribution is -0.665. The van der Waals surface area contributed by atoms with Gasteiger partial charge in [0, 0.05) is 13.0 Å². The predicted molar refractivity (Wildman–Crippen MR) is 124 cm³/mol. The molecule has 0 unspecified atom stereocenters. The van der Waals surface area contributed by atoms with Crippen LogP contribution in [0.3, 0.4) is 0 Å². The minimum absolute atomic E-state index is 0.372. The van der Waals surface area contributed by atoms with Gasteiger partial charge < -0.3 is 0 Å². The second-order valence-corrected chi connectivity index (χ2v) is 8.37. The Morgan fingerprint density at radius 1 is 0.828 bits per heavy atom. The molecule has 4 rings (SSSR count). The van der Waals surface area contributed by atoms with Crippen LogP contribution in [0.2, 0.25) is 0 Å². The molecule has 0 fully saturated rings. The van der Waals surface area contributed by atoms with Gasteiger partial charge in [0.05, 0.1) is 12.3 Å². The third-order valence-electron chi connectivity index (χ3n) is 6.15. The molecule has 1 nitrogen and oxygen atoms in total. The van der Waals surface area contributed by atoms with Crippen LogP contribution in [-0.4, -0.2) is 0 Å². The number of nitrogens with zero attached hydrogens (tertiary/aromatic N) is 1. The zero-order valence-corrected chi connectivity index (χ0v) is 18.3. The van der Waals surface area contributed by atoms with E-state index in [-0.39, 0.29) is 0 Å². The van der Waals surface area contributed by atoms with E-state index in [2.05, 4.69) is 107 Å². The lowest BCUT2D eigenvalue weighted by Gasteiger charge is -2.16. The van der Waals surface area contributed by atoms with Crippen LogP contribution in [0, 0.1) is 20.8 Å². The fraction of sp³-hybridized carbons (Fsp3) is 0.250. The van der Waals surface area contributed by atoms with Gasteiger partial charge in [-0.1, -0.05) is 62.4 Å². The molecule has 1 aromatic heterocycles. The highest BCUT2D eigenvalue weighted by atomic mass is 14.9. The van der Waals surface area contributed by atoms with E-state index in [4.69, 9.17) is 1.37 Å². The monoisotopic (exact) mass is 381 g/mol. The summed E-state index contributed by atoms with van der Waals surface area (Å²) in [6.45, 7) is 10.9. The Bertz CT molecular complexity index is 1250. The van der Waals surface area contributed by atoms with Crippen LogP contribution in [0.25, 0.3) is 33.2 Å². The van der Waals surface area contributed by atoms with E-state index in [9.17, 15) is 0 Å². The number of fused-ring (bicyclic) bond motifs is 1. The van der Waals surface area contributed by atoms with Crippen molar-refractivity contribution in [3.63, 3.8) is 0 Å². The second kappa shape index (κ2) is 7.48. The van der Waals surface area contributed by atoms with Crippen LogP contribution in [0.1, 0.15) is 43.5 Å². The molecular formula is C28H30N+. The third kappa shape index (κ3) is 3.35. The first kappa shape index (κ1) is 18.1. The summed E-state index contributed by atoms with van der Waals surface area (Å²) in [5.41, 5.74) is 9.71. The molecule has 0 radical (unpaired) electrons. The Kier molecular flexibility index (Phi) is 4.67. The van der Waals surface area contributed by atoms with Gasteiger partial charge in [0.15, 0.2) is 5.69 Å². The summed E-state index contributed by atoms with van der Waals surface area (Å²) in [7, 11) is 2.09. The lowest BCUT2D eigenvalue weighted by Crippen LogP contribution is -2.35. The summed E-state index contributed by atoms with van der Waals surface area (Å²) in [6.07, 6.45) is 0. The normalized spacial score (nSPS) is 11.9. The SMILES string of the molecule is [2H]c1c(C)[n+](C)c(-c2cc(-c3ccccc3)cc(C)c2C)c2cccc(C(C)C)c12. The van der Waals surface area contributed by atoms with Gasteiger partial charge in [0.1, 0.15) is 7.05 Å². The number of pyridine rings is 1.